The molecule has 0 aliphatic heterocycles. The van der Waals surface area contributed by atoms with Crippen molar-refractivity contribution >= 4 is 59.9 Å². The van der Waals surface area contributed by atoms with E-state index in [2.05, 4.69) is 151 Å². The number of nitrogens with zero attached hydrogens (tertiary/aromatic N) is 2. The van der Waals surface area contributed by atoms with Crippen molar-refractivity contribution in [1.29, 1.82) is 0 Å². The van der Waals surface area contributed by atoms with E-state index >= 15 is 0 Å². The monoisotopic (exact) mass is 694 g/mol. The molecule has 0 radical (unpaired) electrons. The summed E-state index contributed by atoms with van der Waals surface area (Å²) in [4.78, 5) is 14.6. The zero-order valence-electron chi connectivity index (χ0n) is 29.2. The van der Waals surface area contributed by atoms with E-state index in [9.17, 15) is 4.79 Å². The Labute approximate surface area is 307 Å². The van der Waals surface area contributed by atoms with E-state index in [0.29, 0.717) is 11.8 Å². The van der Waals surface area contributed by atoms with Gasteiger partial charge >= 0.3 is 6.09 Å². The van der Waals surface area contributed by atoms with Crippen LogP contribution in [0.2, 0.25) is 0 Å². The van der Waals surface area contributed by atoms with E-state index in [1.807, 2.05) is 23.5 Å². The number of anilines is 2. The van der Waals surface area contributed by atoms with Crippen molar-refractivity contribution < 1.29 is 9.53 Å². The number of thiophene rings is 1. The summed E-state index contributed by atoms with van der Waals surface area (Å²) in [6.45, 7) is 2.32. The molecule has 9 rings (SSSR count). The third-order valence-corrected chi connectivity index (χ3v) is 11.8. The van der Waals surface area contributed by atoms with Gasteiger partial charge in [0.1, 0.15) is 0 Å². The number of hydrogen-bond donors (Lipinski definition) is 0. The zero-order valence-corrected chi connectivity index (χ0v) is 30.0. The summed E-state index contributed by atoms with van der Waals surface area (Å²) in [5.74, 6) is 0.970. The summed E-state index contributed by atoms with van der Waals surface area (Å²) in [6.07, 6.45) is 17.1. The van der Waals surface area contributed by atoms with Gasteiger partial charge in [-0.25, -0.2) is 4.79 Å². The molecule has 254 valence electrons. The van der Waals surface area contributed by atoms with Crippen molar-refractivity contribution in [1.82, 2.24) is 4.57 Å². The molecule has 2 aliphatic rings. The highest BCUT2D eigenvalue weighted by atomic mass is 32.1. The topological polar surface area (TPSA) is 34.5 Å². The van der Waals surface area contributed by atoms with Crippen molar-refractivity contribution in [2.24, 2.45) is 11.8 Å². The molecule has 0 N–H and O–H groups in total. The molecule has 2 heterocycles. The van der Waals surface area contributed by atoms with Crippen LogP contribution in [-0.2, 0) is 4.74 Å². The Hall–Kier alpha value is -5.91. The van der Waals surface area contributed by atoms with Gasteiger partial charge in [-0.3, -0.25) is 4.57 Å². The fourth-order valence-electron chi connectivity index (χ4n) is 7.88. The molecule has 0 fully saturated rings. The molecule has 2 aromatic heterocycles. The lowest BCUT2D eigenvalue weighted by Crippen LogP contribution is -2.20. The molecule has 0 saturated carbocycles. The lowest BCUT2D eigenvalue weighted by atomic mass is 9.80. The van der Waals surface area contributed by atoms with Crippen LogP contribution in [0.3, 0.4) is 0 Å². The first-order chi connectivity index (χ1) is 25.5. The largest absolute Gasteiger partial charge is 0.452 e. The molecular weight excluding hydrogens is 657 g/mol. The molecule has 2 unspecified atom stereocenters. The normalized spacial score (nSPS) is 17.0. The lowest BCUT2D eigenvalue weighted by molar-refractivity contribution is 0.174. The maximum Gasteiger partial charge on any atom is 0.418 e. The Morgan fingerprint density at radius 3 is 2.25 bits per heavy atom. The van der Waals surface area contributed by atoms with Crippen LogP contribution in [0.4, 0.5) is 16.2 Å². The Bertz CT molecular complexity index is 2620. The molecule has 2 atom stereocenters. The molecule has 7 aromatic rings. The number of carbonyl (C=O) groups is 1. The first kappa shape index (κ1) is 32.0. The molecule has 4 nitrogen and oxygen atoms in total. The minimum absolute atomic E-state index is 0.390. The van der Waals surface area contributed by atoms with E-state index in [-0.39, 0.29) is 0 Å². The maximum absolute atomic E-state index is 12.1. The molecule has 5 heteroatoms. The summed E-state index contributed by atoms with van der Waals surface area (Å²) < 4.78 is 9.08. The number of benzene rings is 5. The molecule has 0 saturated heterocycles. The van der Waals surface area contributed by atoms with Gasteiger partial charge in [-0.05, 0) is 95.6 Å². The van der Waals surface area contributed by atoms with Crippen LogP contribution in [-0.4, -0.2) is 17.8 Å². The number of fused-ring (bicyclic) bond motifs is 4. The van der Waals surface area contributed by atoms with Crippen LogP contribution in [0.1, 0.15) is 19.8 Å². The van der Waals surface area contributed by atoms with Crippen LogP contribution in [0, 0.1) is 11.8 Å². The number of ether oxygens (including phenoxy) is 1. The van der Waals surface area contributed by atoms with Crippen molar-refractivity contribution in [3.63, 3.8) is 0 Å². The SMILES string of the molecule is COC(=O)n1ccc2cc(-c3ccc(-c4cccc(N(C5=CC=C(C6C=CC=CC6C)CC5)c5ccc6c(c5)sc5ccccc56)c4)cc3)ccc21. The molecule has 0 bridgehead atoms. The second-order valence-corrected chi connectivity index (χ2v) is 14.8. The van der Waals surface area contributed by atoms with Crippen LogP contribution >= 0.6 is 11.3 Å². The third kappa shape index (κ3) is 5.77. The molecule has 2 aliphatic carbocycles. The minimum atomic E-state index is -0.390. The molecule has 0 spiro atoms. The van der Waals surface area contributed by atoms with Crippen molar-refractivity contribution in [2.75, 3.05) is 12.0 Å². The first-order valence-electron chi connectivity index (χ1n) is 17.9. The summed E-state index contributed by atoms with van der Waals surface area (Å²) in [5.41, 5.74) is 10.5. The van der Waals surface area contributed by atoms with Crippen LogP contribution < -0.4 is 4.90 Å². The van der Waals surface area contributed by atoms with Crippen molar-refractivity contribution in [2.45, 2.75) is 19.8 Å². The number of allylic oxidation sites excluding steroid dienone is 8. The quantitative estimate of drug-likeness (QED) is 0.174. The van der Waals surface area contributed by atoms with E-state index < -0.39 is 6.09 Å². The highest BCUT2D eigenvalue weighted by Crippen LogP contribution is 2.42. The number of hydrogen-bond acceptors (Lipinski definition) is 4. The van der Waals surface area contributed by atoms with Crippen molar-refractivity contribution in [3.05, 3.63) is 169 Å². The molecule has 52 heavy (non-hydrogen) atoms. The molecular formula is C47H38N2O2S. The third-order valence-electron chi connectivity index (χ3n) is 10.6. The number of aromatic nitrogens is 1. The highest BCUT2D eigenvalue weighted by molar-refractivity contribution is 7.25. The average molecular weight is 695 g/mol. The van der Waals surface area contributed by atoms with Gasteiger partial charge in [0.25, 0.3) is 0 Å². The summed E-state index contributed by atoms with van der Waals surface area (Å²) in [5, 5.41) is 3.62. The molecule has 5 aromatic carbocycles. The summed E-state index contributed by atoms with van der Waals surface area (Å²) in [7, 11) is 1.40. The van der Waals surface area contributed by atoms with Crippen LogP contribution in [0.5, 0.6) is 0 Å². The van der Waals surface area contributed by atoms with E-state index in [4.69, 9.17) is 4.74 Å². The lowest BCUT2D eigenvalue weighted by Gasteiger charge is -2.32. The number of methoxy groups -OCH3 is 1. The fourth-order valence-corrected chi connectivity index (χ4v) is 9.02. The van der Waals surface area contributed by atoms with E-state index in [1.165, 1.54) is 54.4 Å². The van der Waals surface area contributed by atoms with Gasteiger partial charge in [-0.15, -0.1) is 11.3 Å². The van der Waals surface area contributed by atoms with Gasteiger partial charge in [0.2, 0.25) is 0 Å². The maximum atomic E-state index is 12.1. The smallest absolute Gasteiger partial charge is 0.418 e. The second kappa shape index (κ2) is 13.3. The minimum Gasteiger partial charge on any atom is -0.452 e. The van der Waals surface area contributed by atoms with Crippen LogP contribution in [0.15, 0.2) is 169 Å². The van der Waals surface area contributed by atoms with Crippen molar-refractivity contribution in [3.8, 4) is 22.3 Å². The Morgan fingerprint density at radius 2 is 1.46 bits per heavy atom. The van der Waals surface area contributed by atoms with E-state index in [1.54, 1.807) is 6.20 Å². The molecule has 0 amide bonds. The summed E-state index contributed by atoms with van der Waals surface area (Å²) >= 11 is 1.86. The van der Waals surface area contributed by atoms with Gasteiger partial charge in [0.05, 0.1) is 12.6 Å². The zero-order chi connectivity index (χ0) is 35.2. The average Bonchev–Trinajstić information content (AvgIpc) is 3.79. The van der Waals surface area contributed by atoms with Gasteiger partial charge in [-0.1, -0.05) is 110 Å². The highest BCUT2D eigenvalue weighted by Gasteiger charge is 2.24. The van der Waals surface area contributed by atoms with Gasteiger partial charge in [-0.2, -0.15) is 0 Å². The fraction of sp³-hybridized carbons (Fsp3) is 0.128. The standard InChI is InChI=1S/C47H38N2O2S/c1-31-8-3-4-11-41(31)34-18-21-38(22-19-34)49(40-23-24-43-42-12-5-6-13-45(42)52-46(43)30-40)39-10-7-9-35(29-39)32-14-16-33(17-15-32)36-20-25-44-37(28-36)26-27-48(44)47(50)51-2/h3-18,20-21,23-31,41H,19,22H2,1-2H3. The Morgan fingerprint density at radius 1 is 0.712 bits per heavy atom. The number of rotatable bonds is 6. The van der Waals surface area contributed by atoms with Gasteiger partial charge in [0.15, 0.2) is 0 Å². The van der Waals surface area contributed by atoms with E-state index in [0.717, 1.165) is 46.1 Å². The van der Waals surface area contributed by atoms with Gasteiger partial charge < -0.3 is 9.64 Å². The Kier molecular flexibility index (Phi) is 8.21. The second-order valence-electron chi connectivity index (χ2n) is 13.7. The van der Waals surface area contributed by atoms with Crippen LogP contribution in [0.25, 0.3) is 53.3 Å². The van der Waals surface area contributed by atoms with Gasteiger partial charge in [0, 0.05) is 54.7 Å². The predicted molar refractivity (Wildman–Crippen MR) is 218 cm³/mol. The Balaban J connectivity index is 1.07. The predicted octanol–water partition coefficient (Wildman–Crippen LogP) is 13.1. The first-order valence-corrected chi connectivity index (χ1v) is 18.7. The summed E-state index contributed by atoms with van der Waals surface area (Å²) in [6, 6.07) is 41.5. The number of carbonyl (C=O) groups excluding carboxylic acids is 1.